The summed E-state index contributed by atoms with van der Waals surface area (Å²) in [5.74, 6) is -1.97. The molecule has 0 radical (unpaired) electrons. The molecule has 3 heterocycles. The first-order chi connectivity index (χ1) is 16.4. The second-order valence-corrected chi connectivity index (χ2v) is 9.08. The zero-order valence-electron chi connectivity index (χ0n) is 17.6. The second kappa shape index (κ2) is 10.4. The lowest BCUT2D eigenvalue weighted by Gasteiger charge is -2.20. The Morgan fingerprint density at radius 3 is 2.65 bits per heavy atom. The van der Waals surface area contributed by atoms with Crippen molar-refractivity contribution in [3.05, 3.63) is 84.7 Å². The molecule has 1 N–H and O–H groups in total. The average Bonchev–Trinajstić information content (AvgIpc) is 3.61. The fourth-order valence-electron chi connectivity index (χ4n) is 3.31. The summed E-state index contributed by atoms with van der Waals surface area (Å²) in [5, 5.41) is 22.9. The van der Waals surface area contributed by atoms with Crippen molar-refractivity contribution >= 4 is 51.9 Å². The van der Waals surface area contributed by atoms with Gasteiger partial charge in [-0.05, 0) is 29.0 Å². The number of carbonyl (C=O) groups is 3. The maximum absolute atomic E-state index is 12.8. The lowest BCUT2D eigenvalue weighted by molar-refractivity contribution is -0.384. The highest BCUT2D eigenvalue weighted by Crippen LogP contribution is 2.35. The minimum Gasteiger partial charge on any atom is -0.454 e. The van der Waals surface area contributed by atoms with Crippen molar-refractivity contribution in [2.45, 2.75) is 12.5 Å². The molecule has 34 heavy (non-hydrogen) atoms. The third-order valence-corrected chi connectivity index (χ3v) is 6.80. The van der Waals surface area contributed by atoms with Crippen molar-refractivity contribution < 1.29 is 24.0 Å². The number of rotatable bonds is 8. The Labute approximate surface area is 201 Å². The molecule has 2 amide bonds. The van der Waals surface area contributed by atoms with Crippen molar-refractivity contribution in [1.29, 1.82) is 0 Å². The van der Waals surface area contributed by atoms with Crippen molar-refractivity contribution in [2.24, 2.45) is 5.10 Å². The number of hydrazone groups is 1. The van der Waals surface area contributed by atoms with Crippen LogP contribution in [0.25, 0.3) is 0 Å². The molecule has 0 saturated carbocycles. The van der Waals surface area contributed by atoms with Crippen LogP contribution in [0, 0.1) is 10.1 Å². The van der Waals surface area contributed by atoms with E-state index in [1.54, 1.807) is 0 Å². The first-order valence-electron chi connectivity index (χ1n) is 10.1. The lowest BCUT2D eigenvalue weighted by atomic mass is 10.1. The average molecular weight is 499 g/mol. The number of thiophene rings is 2. The van der Waals surface area contributed by atoms with Crippen LogP contribution in [-0.2, 0) is 14.3 Å². The molecular formula is C22H18N4O6S2. The largest absolute Gasteiger partial charge is 0.454 e. The number of nitrogens with one attached hydrogen (secondary N) is 1. The quantitative estimate of drug-likeness (QED) is 0.288. The number of esters is 1. The predicted molar refractivity (Wildman–Crippen MR) is 126 cm³/mol. The van der Waals surface area contributed by atoms with Gasteiger partial charge in [0.2, 0.25) is 0 Å². The second-order valence-electron chi connectivity index (χ2n) is 7.15. The van der Waals surface area contributed by atoms with Crippen LogP contribution in [0.4, 0.5) is 5.69 Å². The number of benzene rings is 1. The molecular weight excluding hydrogens is 480 g/mol. The Balaban J connectivity index is 1.33. The number of hydrogen-bond donors (Lipinski definition) is 1. The SMILES string of the molecule is O=C(CNC(=O)c1cccc([N+](=O)[O-])c1)OCC(=O)N1N=C(c2cccs2)CC1c1cccs1. The highest BCUT2D eigenvalue weighted by atomic mass is 32.1. The van der Waals surface area contributed by atoms with Gasteiger partial charge in [-0.3, -0.25) is 24.5 Å². The van der Waals surface area contributed by atoms with Gasteiger partial charge in [-0.15, -0.1) is 22.7 Å². The molecule has 3 aromatic rings. The summed E-state index contributed by atoms with van der Waals surface area (Å²) in [7, 11) is 0. The van der Waals surface area contributed by atoms with Crippen LogP contribution in [-0.4, -0.2) is 46.6 Å². The van der Waals surface area contributed by atoms with Crippen LogP contribution in [0.1, 0.15) is 32.6 Å². The Bertz CT molecular complexity index is 1240. The molecule has 1 unspecified atom stereocenters. The van der Waals surface area contributed by atoms with E-state index >= 15 is 0 Å². The molecule has 4 rings (SSSR count). The highest BCUT2D eigenvalue weighted by Gasteiger charge is 2.34. The fraction of sp³-hybridized carbons (Fsp3) is 0.182. The minimum atomic E-state index is -0.818. The van der Waals surface area contributed by atoms with E-state index in [0.717, 1.165) is 21.5 Å². The molecule has 10 nitrogen and oxygen atoms in total. The van der Waals surface area contributed by atoms with Crippen LogP contribution >= 0.6 is 22.7 Å². The van der Waals surface area contributed by atoms with E-state index < -0.39 is 35.9 Å². The molecule has 0 bridgehead atoms. The van der Waals surface area contributed by atoms with Crippen LogP contribution in [0.3, 0.4) is 0 Å². The Morgan fingerprint density at radius 2 is 1.94 bits per heavy atom. The molecule has 0 fully saturated rings. The zero-order chi connectivity index (χ0) is 24.1. The number of carbonyl (C=O) groups excluding carboxylic acids is 3. The zero-order valence-corrected chi connectivity index (χ0v) is 19.2. The van der Waals surface area contributed by atoms with E-state index in [-0.39, 0.29) is 17.3 Å². The molecule has 2 aromatic heterocycles. The van der Waals surface area contributed by atoms with E-state index in [2.05, 4.69) is 10.4 Å². The van der Waals surface area contributed by atoms with Crippen molar-refractivity contribution in [1.82, 2.24) is 10.3 Å². The van der Waals surface area contributed by atoms with Gasteiger partial charge in [0.15, 0.2) is 6.61 Å². The standard InChI is InChI=1S/C22H18N4O6S2/c27-20(13-32-21(28)12-23-22(29)14-4-1-5-15(10-14)26(30)31)25-17(19-7-3-9-34-19)11-16(24-25)18-6-2-8-33-18/h1-10,17H,11-13H2,(H,23,29). The number of nitro groups is 1. The number of non-ortho nitro benzene ring substituents is 1. The topological polar surface area (TPSA) is 131 Å². The molecule has 1 aromatic carbocycles. The third-order valence-electron chi connectivity index (χ3n) is 4.91. The summed E-state index contributed by atoms with van der Waals surface area (Å²) in [6.07, 6.45) is 0.556. The van der Waals surface area contributed by atoms with E-state index in [1.165, 1.54) is 45.9 Å². The van der Waals surface area contributed by atoms with Crippen LogP contribution in [0.15, 0.2) is 64.4 Å². The lowest BCUT2D eigenvalue weighted by Crippen LogP contribution is -2.34. The summed E-state index contributed by atoms with van der Waals surface area (Å²) in [6, 6.07) is 12.5. The highest BCUT2D eigenvalue weighted by molar-refractivity contribution is 7.12. The van der Waals surface area contributed by atoms with Gasteiger partial charge in [0.1, 0.15) is 6.54 Å². The molecule has 1 aliphatic rings. The van der Waals surface area contributed by atoms with Crippen LogP contribution < -0.4 is 5.32 Å². The first kappa shape index (κ1) is 23.3. The van der Waals surface area contributed by atoms with Gasteiger partial charge in [-0.25, -0.2) is 5.01 Å². The fourth-order valence-corrected chi connectivity index (χ4v) is 4.84. The molecule has 12 heteroatoms. The number of nitrogens with zero attached hydrogens (tertiary/aromatic N) is 3. The van der Waals surface area contributed by atoms with E-state index in [9.17, 15) is 24.5 Å². The maximum Gasteiger partial charge on any atom is 0.325 e. The van der Waals surface area contributed by atoms with E-state index in [4.69, 9.17) is 4.74 Å². The van der Waals surface area contributed by atoms with Crippen LogP contribution in [0.2, 0.25) is 0 Å². The number of hydrogen-bond acceptors (Lipinski definition) is 9. The molecule has 174 valence electrons. The smallest absolute Gasteiger partial charge is 0.325 e. The number of ether oxygens (including phenoxy) is 1. The summed E-state index contributed by atoms with van der Waals surface area (Å²) >= 11 is 3.05. The van der Waals surface area contributed by atoms with Crippen molar-refractivity contribution in [3.8, 4) is 0 Å². The molecule has 0 saturated heterocycles. The molecule has 0 aliphatic carbocycles. The molecule has 1 atom stereocenters. The van der Waals surface area contributed by atoms with E-state index in [1.807, 2.05) is 35.0 Å². The summed E-state index contributed by atoms with van der Waals surface area (Å²) in [5.41, 5.74) is 0.580. The third kappa shape index (κ3) is 5.35. The van der Waals surface area contributed by atoms with Gasteiger partial charge >= 0.3 is 5.97 Å². The number of nitro benzene ring substituents is 1. The molecule has 1 aliphatic heterocycles. The monoisotopic (exact) mass is 498 g/mol. The summed E-state index contributed by atoms with van der Waals surface area (Å²) < 4.78 is 5.04. The van der Waals surface area contributed by atoms with Gasteiger partial charge < -0.3 is 10.1 Å². The maximum atomic E-state index is 12.8. The van der Waals surface area contributed by atoms with Gasteiger partial charge in [0.05, 0.1) is 21.6 Å². The van der Waals surface area contributed by atoms with Gasteiger partial charge in [0, 0.05) is 29.0 Å². The Morgan fingerprint density at radius 1 is 1.15 bits per heavy atom. The Hall–Kier alpha value is -3.90. The first-order valence-corrected chi connectivity index (χ1v) is 11.8. The normalized spacial score (nSPS) is 15.0. The molecule has 0 spiro atoms. The number of amides is 2. The van der Waals surface area contributed by atoms with Crippen molar-refractivity contribution in [3.63, 3.8) is 0 Å². The summed E-state index contributed by atoms with van der Waals surface area (Å²) in [6.45, 7) is -1.03. The summed E-state index contributed by atoms with van der Waals surface area (Å²) in [4.78, 5) is 49.2. The van der Waals surface area contributed by atoms with E-state index in [0.29, 0.717) is 6.42 Å². The van der Waals surface area contributed by atoms with Gasteiger partial charge in [0.25, 0.3) is 17.5 Å². The van der Waals surface area contributed by atoms with Crippen LogP contribution in [0.5, 0.6) is 0 Å². The Kier molecular flexibility index (Phi) is 7.09. The van der Waals surface area contributed by atoms with Crippen molar-refractivity contribution in [2.75, 3.05) is 13.2 Å². The van der Waals surface area contributed by atoms with Gasteiger partial charge in [-0.2, -0.15) is 5.10 Å². The van der Waals surface area contributed by atoms with Gasteiger partial charge in [-0.1, -0.05) is 18.2 Å². The minimum absolute atomic E-state index is 0.0318. The predicted octanol–water partition coefficient (Wildman–Crippen LogP) is 3.37.